The van der Waals surface area contributed by atoms with E-state index in [4.69, 9.17) is 11.6 Å². The molecule has 4 nitrogen and oxygen atoms in total. The Kier molecular flexibility index (Phi) is 3.13. The molecule has 0 N–H and O–H groups in total. The molecule has 0 amide bonds. The van der Waals surface area contributed by atoms with Gasteiger partial charge in [0.25, 0.3) is 5.24 Å². The number of nitrogens with zero attached hydrogens (tertiary/aromatic N) is 1. The first kappa shape index (κ1) is 12.4. The van der Waals surface area contributed by atoms with Crippen LogP contribution < -0.4 is 0 Å². The van der Waals surface area contributed by atoms with Crippen LogP contribution in [0.5, 0.6) is 0 Å². The Labute approximate surface area is 89.6 Å². The predicted octanol–water partition coefficient (Wildman–Crippen LogP) is 2.53. The van der Waals surface area contributed by atoms with Crippen molar-refractivity contribution in [1.82, 2.24) is 0 Å². The lowest BCUT2D eigenvalue weighted by Crippen LogP contribution is -2.10. The summed E-state index contributed by atoms with van der Waals surface area (Å²) in [6.45, 7) is 0. The van der Waals surface area contributed by atoms with Crippen molar-refractivity contribution in [3.05, 3.63) is 38.9 Å². The van der Waals surface area contributed by atoms with Gasteiger partial charge < -0.3 is 0 Å². The van der Waals surface area contributed by atoms with E-state index in [1.165, 1.54) is 0 Å². The molecule has 1 aromatic carbocycles. The molecule has 0 atom stereocenters. The van der Waals surface area contributed by atoms with Crippen LogP contribution in [0, 0.1) is 33.4 Å². The zero-order valence-electron chi connectivity index (χ0n) is 7.06. The van der Waals surface area contributed by atoms with Crippen LogP contribution in [0.2, 0.25) is 0 Å². The maximum atomic E-state index is 12.9. The molecule has 0 aliphatic rings. The summed E-state index contributed by atoms with van der Waals surface area (Å²) in [4.78, 5) is 19.3. The highest BCUT2D eigenvalue weighted by atomic mass is 35.5. The smallest absolute Gasteiger partial charge is 0.275 e. The van der Waals surface area contributed by atoms with Gasteiger partial charge in [0.1, 0.15) is 0 Å². The van der Waals surface area contributed by atoms with Crippen molar-refractivity contribution in [2.45, 2.75) is 0 Å². The van der Waals surface area contributed by atoms with Crippen LogP contribution in [-0.4, -0.2) is 10.2 Å². The molecule has 9 heteroatoms. The van der Waals surface area contributed by atoms with Gasteiger partial charge in [-0.25, -0.2) is 13.2 Å². The molecule has 0 unspecified atom stereocenters. The molecule has 0 spiro atoms. The molecular formula is C7ClF4NO3. The summed E-state index contributed by atoms with van der Waals surface area (Å²) in [5.74, 6) is -9.21. The first-order valence-corrected chi connectivity index (χ1v) is 3.87. The van der Waals surface area contributed by atoms with E-state index in [0.29, 0.717) is 0 Å². The number of benzene rings is 1. The summed E-state index contributed by atoms with van der Waals surface area (Å²) in [5.41, 5.74) is -3.49. The van der Waals surface area contributed by atoms with Gasteiger partial charge in [-0.15, -0.1) is 0 Å². The maximum Gasteiger partial charge on any atom is 0.323 e. The molecule has 0 aliphatic carbocycles. The number of nitro groups is 1. The highest BCUT2D eigenvalue weighted by Gasteiger charge is 2.35. The predicted molar refractivity (Wildman–Crippen MR) is 43.1 cm³/mol. The van der Waals surface area contributed by atoms with E-state index in [1.54, 1.807) is 0 Å². The monoisotopic (exact) mass is 257 g/mol. The van der Waals surface area contributed by atoms with Crippen LogP contribution in [0.4, 0.5) is 23.2 Å². The van der Waals surface area contributed by atoms with E-state index in [1.807, 2.05) is 0 Å². The van der Waals surface area contributed by atoms with E-state index in [-0.39, 0.29) is 0 Å². The van der Waals surface area contributed by atoms with Crippen LogP contribution in [0.1, 0.15) is 10.4 Å². The molecule has 0 radical (unpaired) electrons. The molecule has 86 valence electrons. The molecule has 0 aromatic heterocycles. The molecule has 0 bridgehead atoms. The van der Waals surface area contributed by atoms with Gasteiger partial charge in [0, 0.05) is 0 Å². The Morgan fingerprint density at radius 3 is 1.88 bits per heavy atom. The zero-order valence-corrected chi connectivity index (χ0v) is 7.82. The first-order valence-electron chi connectivity index (χ1n) is 3.49. The number of carbonyl (C=O) groups excluding carboxylic acids is 1. The van der Waals surface area contributed by atoms with Gasteiger partial charge in [-0.1, -0.05) is 0 Å². The Bertz CT molecular complexity index is 460. The quantitative estimate of drug-likeness (QED) is 0.204. The molecule has 0 aliphatic heterocycles. The van der Waals surface area contributed by atoms with Crippen molar-refractivity contribution in [3.63, 3.8) is 0 Å². The standard InChI is InChI=1S/C7ClF4NO3/c8-7(14)1-2(9)3(10)4(11)5(12)6(1)13(15)16. The molecule has 0 heterocycles. The minimum absolute atomic E-state index is 1.57. The second-order valence-corrected chi connectivity index (χ2v) is 2.85. The van der Waals surface area contributed by atoms with E-state index in [0.717, 1.165) is 0 Å². The van der Waals surface area contributed by atoms with E-state index in [2.05, 4.69) is 0 Å². The summed E-state index contributed by atoms with van der Waals surface area (Å²) in [6, 6.07) is 0. The lowest BCUT2D eigenvalue weighted by atomic mass is 10.1. The van der Waals surface area contributed by atoms with Crippen LogP contribution in [0.25, 0.3) is 0 Å². The molecule has 0 saturated carbocycles. The van der Waals surface area contributed by atoms with Crippen LogP contribution >= 0.6 is 11.6 Å². The Morgan fingerprint density at radius 2 is 1.50 bits per heavy atom. The summed E-state index contributed by atoms with van der Waals surface area (Å²) >= 11 is 4.71. The first-order chi connectivity index (χ1) is 7.29. The van der Waals surface area contributed by atoms with Crippen LogP contribution in [0.15, 0.2) is 0 Å². The Hall–Kier alpha value is -1.70. The Morgan fingerprint density at radius 1 is 1.06 bits per heavy atom. The van der Waals surface area contributed by atoms with Gasteiger partial charge in [-0.05, 0) is 11.6 Å². The minimum Gasteiger partial charge on any atom is -0.275 e. The Balaban J connectivity index is 3.83. The number of hydrogen-bond acceptors (Lipinski definition) is 3. The largest absolute Gasteiger partial charge is 0.323 e. The summed E-state index contributed by atoms with van der Waals surface area (Å²) in [5, 5.41) is 8.46. The molecule has 0 saturated heterocycles. The van der Waals surface area contributed by atoms with Gasteiger partial charge in [0.2, 0.25) is 11.6 Å². The number of halogens is 5. The van der Waals surface area contributed by atoms with E-state index >= 15 is 0 Å². The van der Waals surface area contributed by atoms with Gasteiger partial charge in [0.05, 0.1) is 4.92 Å². The van der Waals surface area contributed by atoms with Gasteiger partial charge in [-0.3, -0.25) is 14.9 Å². The third-order valence-electron chi connectivity index (χ3n) is 1.62. The third kappa shape index (κ3) is 1.71. The van der Waals surface area contributed by atoms with Crippen LogP contribution in [0.3, 0.4) is 0 Å². The minimum atomic E-state index is -2.38. The highest BCUT2D eigenvalue weighted by molar-refractivity contribution is 6.68. The van der Waals surface area contributed by atoms with Crippen molar-refractivity contribution in [3.8, 4) is 0 Å². The van der Waals surface area contributed by atoms with Crippen LogP contribution in [-0.2, 0) is 0 Å². The molecule has 0 fully saturated rings. The maximum absolute atomic E-state index is 12.9. The average Bonchev–Trinajstić information content (AvgIpc) is 2.18. The van der Waals surface area contributed by atoms with Crippen molar-refractivity contribution in [1.29, 1.82) is 0 Å². The topological polar surface area (TPSA) is 60.2 Å². The fraction of sp³-hybridized carbons (Fsp3) is 0. The lowest BCUT2D eigenvalue weighted by Gasteiger charge is -2.03. The third-order valence-corrected chi connectivity index (χ3v) is 1.81. The van der Waals surface area contributed by atoms with Crippen molar-refractivity contribution >= 4 is 22.5 Å². The molecular weight excluding hydrogens is 258 g/mol. The van der Waals surface area contributed by atoms with Crippen molar-refractivity contribution < 1.29 is 27.3 Å². The van der Waals surface area contributed by atoms with Crippen molar-refractivity contribution in [2.75, 3.05) is 0 Å². The second-order valence-electron chi connectivity index (χ2n) is 2.51. The summed E-state index contributed by atoms with van der Waals surface area (Å²) < 4.78 is 51.0. The zero-order chi connectivity index (χ0) is 12.6. The van der Waals surface area contributed by atoms with E-state index < -0.39 is 44.7 Å². The lowest BCUT2D eigenvalue weighted by molar-refractivity contribution is -0.388. The molecule has 1 rings (SSSR count). The fourth-order valence-electron chi connectivity index (χ4n) is 0.971. The molecule has 16 heavy (non-hydrogen) atoms. The normalized spacial score (nSPS) is 10.3. The number of rotatable bonds is 2. The number of carbonyl (C=O) groups is 1. The van der Waals surface area contributed by atoms with E-state index in [9.17, 15) is 32.5 Å². The van der Waals surface area contributed by atoms with Gasteiger partial charge >= 0.3 is 5.69 Å². The van der Waals surface area contributed by atoms with Crippen molar-refractivity contribution in [2.24, 2.45) is 0 Å². The average molecular weight is 258 g/mol. The fourth-order valence-corrected chi connectivity index (χ4v) is 1.14. The van der Waals surface area contributed by atoms with Gasteiger partial charge in [-0.2, -0.15) is 4.39 Å². The summed E-state index contributed by atoms with van der Waals surface area (Å²) in [7, 11) is 0. The SMILES string of the molecule is O=C(Cl)c1c(F)c(F)c(F)c(F)c1[N+](=O)[O-]. The second kappa shape index (κ2) is 4.05. The van der Waals surface area contributed by atoms with Gasteiger partial charge in [0.15, 0.2) is 17.2 Å². The molecule has 1 aromatic rings. The summed E-state index contributed by atoms with van der Waals surface area (Å²) in [6.07, 6.45) is 0. The number of nitro benzene ring substituents is 1. The highest BCUT2D eigenvalue weighted by Crippen LogP contribution is 2.31. The number of hydrogen-bond donors (Lipinski definition) is 0.